The molecule has 2 rings (SSSR count). The molecule has 1 atom stereocenters. The fraction of sp³-hybridized carbons (Fsp3) is 0.417. The average molecular weight is 236 g/mol. The number of rotatable bonds is 2. The number of carboxylic acid groups (broad SMARTS) is 1. The number of hydrogen-bond acceptors (Lipinski definition) is 4. The number of carboxylic acids is 1. The molecule has 0 amide bonds. The summed E-state index contributed by atoms with van der Waals surface area (Å²) in [4.78, 5) is 14.9. The van der Waals surface area contributed by atoms with Crippen LogP contribution in [0, 0.1) is 0 Å². The molecule has 0 saturated carbocycles. The van der Waals surface area contributed by atoms with Gasteiger partial charge in [-0.1, -0.05) is 6.07 Å². The van der Waals surface area contributed by atoms with Crippen LogP contribution >= 0.6 is 0 Å². The van der Waals surface area contributed by atoms with Gasteiger partial charge in [-0.3, -0.25) is 0 Å². The van der Waals surface area contributed by atoms with Crippen molar-refractivity contribution in [2.45, 2.75) is 6.10 Å². The Morgan fingerprint density at radius 1 is 1.24 bits per heavy atom. The van der Waals surface area contributed by atoms with Crippen molar-refractivity contribution in [3.8, 4) is 0 Å². The third-order valence-electron chi connectivity index (χ3n) is 3.14. The summed E-state index contributed by atoms with van der Waals surface area (Å²) in [5, 5.41) is 18.3. The molecular weight excluding hydrogens is 220 g/mol. The molecule has 17 heavy (non-hydrogen) atoms. The van der Waals surface area contributed by atoms with E-state index in [-0.39, 0.29) is 0 Å². The lowest BCUT2D eigenvalue weighted by molar-refractivity contribution is -0.146. The van der Waals surface area contributed by atoms with Crippen LogP contribution in [0.1, 0.15) is 11.7 Å². The molecule has 1 aliphatic heterocycles. The third-order valence-corrected chi connectivity index (χ3v) is 3.14. The molecule has 5 nitrogen and oxygen atoms in total. The van der Waals surface area contributed by atoms with Crippen molar-refractivity contribution in [2.24, 2.45) is 0 Å². The highest BCUT2D eigenvalue weighted by atomic mass is 16.4. The van der Waals surface area contributed by atoms with Gasteiger partial charge in [0.25, 0.3) is 0 Å². The number of anilines is 2. The Kier molecular flexibility index (Phi) is 2.93. The molecule has 2 N–H and O–H groups in total. The van der Waals surface area contributed by atoms with Crippen molar-refractivity contribution in [2.75, 3.05) is 37.0 Å². The Hall–Kier alpha value is -1.75. The van der Waals surface area contributed by atoms with Crippen LogP contribution in [0.3, 0.4) is 0 Å². The number of aliphatic carboxylic acids is 1. The van der Waals surface area contributed by atoms with Gasteiger partial charge in [0.05, 0.1) is 11.4 Å². The first-order chi connectivity index (χ1) is 8.00. The first kappa shape index (κ1) is 11.7. The minimum absolute atomic E-state index is 0.415. The third kappa shape index (κ3) is 2.06. The van der Waals surface area contributed by atoms with Crippen molar-refractivity contribution in [3.63, 3.8) is 0 Å². The number of hydrogen-bond donors (Lipinski definition) is 2. The largest absolute Gasteiger partial charge is 0.479 e. The minimum Gasteiger partial charge on any atom is -0.479 e. The second-order valence-corrected chi connectivity index (χ2v) is 4.33. The molecule has 1 heterocycles. The average Bonchev–Trinajstić information content (AvgIpc) is 2.32. The number of nitrogens with zero attached hydrogens (tertiary/aromatic N) is 2. The molecule has 0 spiro atoms. The van der Waals surface area contributed by atoms with E-state index in [2.05, 4.69) is 9.80 Å². The highest BCUT2D eigenvalue weighted by Crippen LogP contribution is 2.33. The van der Waals surface area contributed by atoms with E-state index >= 15 is 0 Å². The maximum Gasteiger partial charge on any atom is 0.337 e. The number of carbonyl (C=O) groups is 1. The fourth-order valence-electron chi connectivity index (χ4n) is 2.02. The molecule has 1 aliphatic rings. The van der Waals surface area contributed by atoms with Crippen LogP contribution in [0.25, 0.3) is 0 Å². The molecule has 0 fully saturated rings. The number of aliphatic hydroxyl groups is 1. The molecule has 5 heteroatoms. The maximum atomic E-state index is 10.7. The van der Waals surface area contributed by atoms with Crippen molar-refractivity contribution in [1.82, 2.24) is 0 Å². The van der Waals surface area contributed by atoms with Crippen LogP contribution in [0.15, 0.2) is 18.2 Å². The normalized spacial score (nSPS) is 16.6. The van der Waals surface area contributed by atoms with Crippen molar-refractivity contribution in [1.29, 1.82) is 0 Å². The number of benzene rings is 1. The van der Waals surface area contributed by atoms with E-state index in [1.165, 1.54) is 0 Å². The second kappa shape index (κ2) is 4.25. The summed E-state index contributed by atoms with van der Waals surface area (Å²) in [7, 11) is 3.96. The number of aliphatic hydroxyl groups excluding tert-OH is 1. The number of likely N-dealkylation sites (N-methyl/N-ethyl adjacent to an activating group) is 2. The van der Waals surface area contributed by atoms with Crippen molar-refractivity contribution in [3.05, 3.63) is 23.8 Å². The SMILES string of the molecule is CN1CCN(C)c2cc(C(O)C(=O)O)ccc21. The summed E-state index contributed by atoms with van der Waals surface area (Å²) in [5.41, 5.74) is 2.43. The van der Waals surface area contributed by atoms with Gasteiger partial charge in [-0.15, -0.1) is 0 Å². The summed E-state index contributed by atoms with van der Waals surface area (Å²) < 4.78 is 0. The zero-order valence-corrected chi connectivity index (χ0v) is 9.92. The predicted molar refractivity (Wildman–Crippen MR) is 65.6 cm³/mol. The smallest absolute Gasteiger partial charge is 0.337 e. The standard InChI is InChI=1S/C12H16N2O3/c1-13-5-6-14(2)10-7-8(3-4-9(10)13)11(15)12(16)17/h3-4,7,11,15H,5-6H2,1-2H3,(H,16,17). The van der Waals surface area contributed by atoms with Gasteiger partial charge in [0.2, 0.25) is 0 Å². The second-order valence-electron chi connectivity index (χ2n) is 4.33. The molecule has 0 radical (unpaired) electrons. The zero-order valence-electron chi connectivity index (χ0n) is 9.92. The Balaban J connectivity index is 2.42. The van der Waals surface area contributed by atoms with E-state index in [0.717, 1.165) is 24.5 Å². The predicted octanol–water partition coefficient (Wildman–Crippen LogP) is 0.691. The highest BCUT2D eigenvalue weighted by molar-refractivity contribution is 5.78. The first-order valence-electron chi connectivity index (χ1n) is 5.48. The lowest BCUT2D eigenvalue weighted by Crippen LogP contribution is -2.36. The van der Waals surface area contributed by atoms with E-state index < -0.39 is 12.1 Å². The molecule has 1 unspecified atom stereocenters. The molecule has 0 bridgehead atoms. The molecule has 1 aromatic carbocycles. The van der Waals surface area contributed by atoms with E-state index in [9.17, 15) is 9.90 Å². The Morgan fingerprint density at radius 2 is 1.82 bits per heavy atom. The molecule has 0 aliphatic carbocycles. The molecule has 0 saturated heterocycles. The first-order valence-corrected chi connectivity index (χ1v) is 5.48. The van der Waals surface area contributed by atoms with Gasteiger partial charge < -0.3 is 20.0 Å². The van der Waals surface area contributed by atoms with Crippen LogP contribution in [-0.4, -0.2) is 43.4 Å². The summed E-state index contributed by atoms with van der Waals surface area (Å²) in [6, 6.07) is 5.25. The Morgan fingerprint density at radius 3 is 2.41 bits per heavy atom. The van der Waals surface area contributed by atoms with Gasteiger partial charge in [-0.2, -0.15) is 0 Å². The topological polar surface area (TPSA) is 64.0 Å². The Bertz CT molecular complexity index is 447. The number of fused-ring (bicyclic) bond motifs is 1. The van der Waals surface area contributed by atoms with E-state index in [1.54, 1.807) is 12.1 Å². The van der Waals surface area contributed by atoms with Gasteiger partial charge >= 0.3 is 5.97 Å². The summed E-state index contributed by atoms with van der Waals surface area (Å²) in [6.07, 6.45) is -1.46. The van der Waals surface area contributed by atoms with Crippen LogP contribution in [0.4, 0.5) is 11.4 Å². The summed E-state index contributed by atoms with van der Waals surface area (Å²) >= 11 is 0. The fourth-order valence-corrected chi connectivity index (χ4v) is 2.02. The lowest BCUT2D eigenvalue weighted by Gasteiger charge is -2.35. The molecular formula is C12H16N2O3. The summed E-state index contributed by atoms with van der Waals surface area (Å²) in [6.45, 7) is 1.82. The van der Waals surface area contributed by atoms with Gasteiger partial charge in [0, 0.05) is 27.2 Å². The van der Waals surface area contributed by atoms with Crippen molar-refractivity contribution >= 4 is 17.3 Å². The zero-order chi connectivity index (χ0) is 12.6. The van der Waals surface area contributed by atoms with Gasteiger partial charge in [0.1, 0.15) is 0 Å². The summed E-state index contributed by atoms with van der Waals surface area (Å²) in [5.74, 6) is -1.23. The molecule has 0 aromatic heterocycles. The van der Waals surface area contributed by atoms with Crippen LogP contribution < -0.4 is 9.80 Å². The van der Waals surface area contributed by atoms with Crippen molar-refractivity contribution < 1.29 is 15.0 Å². The molecule has 92 valence electrons. The maximum absolute atomic E-state index is 10.7. The quantitative estimate of drug-likeness (QED) is 0.791. The monoisotopic (exact) mass is 236 g/mol. The minimum atomic E-state index is -1.46. The van der Waals surface area contributed by atoms with Gasteiger partial charge in [0.15, 0.2) is 6.10 Å². The van der Waals surface area contributed by atoms with Crippen LogP contribution in [0.2, 0.25) is 0 Å². The van der Waals surface area contributed by atoms with Crippen LogP contribution in [-0.2, 0) is 4.79 Å². The lowest BCUT2D eigenvalue weighted by atomic mass is 10.1. The van der Waals surface area contributed by atoms with Gasteiger partial charge in [-0.05, 0) is 17.7 Å². The van der Waals surface area contributed by atoms with E-state index in [1.807, 2.05) is 20.2 Å². The van der Waals surface area contributed by atoms with Gasteiger partial charge in [-0.25, -0.2) is 4.79 Å². The van der Waals surface area contributed by atoms with E-state index in [4.69, 9.17) is 5.11 Å². The highest BCUT2D eigenvalue weighted by Gasteiger charge is 2.22. The molecule has 1 aromatic rings. The van der Waals surface area contributed by atoms with Crippen LogP contribution in [0.5, 0.6) is 0 Å². The van der Waals surface area contributed by atoms with E-state index in [0.29, 0.717) is 5.56 Å². The Labute approximate surface area is 99.9 Å².